The van der Waals surface area contributed by atoms with E-state index >= 15 is 0 Å². The minimum atomic E-state index is -0.113. The Morgan fingerprint density at radius 1 is 1.36 bits per heavy atom. The number of nitrogens with zero attached hydrogens (tertiary/aromatic N) is 1. The van der Waals surface area contributed by atoms with Crippen LogP contribution in [-0.2, 0) is 16.0 Å². The lowest BCUT2D eigenvalue weighted by molar-refractivity contribution is -0.133. The summed E-state index contributed by atoms with van der Waals surface area (Å²) in [7, 11) is 0. The standard InChI is InChI=1S/C16H20Cl2N2O2/c1-11(21)20-8-2-3-13(10-20)16(22)19-7-6-12-4-5-14(17)9-15(12)18/h4-5,9,13H,2-3,6-8,10H2,1H3,(H,19,22). The third-order valence-electron chi connectivity index (χ3n) is 3.95. The minimum Gasteiger partial charge on any atom is -0.355 e. The summed E-state index contributed by atoms with van der Waals surface area (Å²) in [6.07, 6.45) is 2.36. The number of carbonyl (C=O) groups is 2. The van der Waals surface area contributed by atoms with Crippen molar-refractivity contribution < 1.29 is 9.59 Å². The average Bonchev–Trinajstić information content (AvgIpc) is 2.49. The fraction of sp³-hybridized carbons (Fsp3) is 0.500. The van der Waals surface area contributed by atoms with Gasteiger partial charge in [-0.15, -0.1) is 0 Å². The largest absolute Gasteiger partial charge is 0.355 e. The van der Waals surface area contributed by atoms with Gasteiger partial charge in [-0.3, -0.25) is 9.59 Å². The smallest absolute Gasteiger partial charge is 0.224 e. The molecule has 2 rings (SSSR count). The molecular weight excluding hydrogens is 323 g/mol. The first-order valence-electron chi connectivity index (χ1n) is 7.44. The molecule has 4 nitrogen and oxygen atoms in total. The summed E-state index contributed by atoms with van der Waals surface area (Å²) >= 11 is 12.0. The zero-order chi connectivity index (χ0) is 16.1. The van der Waals surface area contributed by atoms with E-state index in [0.29, 0.717) is 29.6 Å². The van der Waals surface area contributed by atoms with Gasteiger partial charge >= 0.3 is 0 Å². The lowest BCUT2D eigenvalue weighted by Crippen LogP contribution is -2.45. The van der Waals surface area contributed by atoms with Crippen molar-refractivity contribution in [1.82, 2.24) is 10.2 Å². The molecule has 1 fully saturated rings. The van der Waals surface area contributed by atoms with Gasteiger partial charge < -0.3 is 10.2 Å². The van der Waals surface area contributed by atoms with Crippen LogP contribution in [0.4, 0.5) is 0 Å². The summed E-state index contributed by atoms with van der Waals surface area (Å²) in [6, 6.07) is 5.36. The van der Waals surface area contributed by atoms with Gasteiger partial charge in [-0.2, -0.15) is 0 Å². The Kier molecular flexibility index (Phi) is 6.09. The Hall–Kier alpha value is -1.26. The van der Waals surface area contributed by atoms with Crippen LogP contribution < -0.4 is 5.32 Å². The number of benzene rings is 1. The fourth-order valence-corrected chi connectivity index (χ4v) is 3.17. The monoisotopic (exact) mass is 342 g/mol. The number of hydrogen-bond donors (Lipinski definition) is 1. The Morgan fingerprint density at radius 2 is 2.14 bits per heavy atom. The van der Waals surface area contributed by atoms with Crippen molar-refractivity contribution >= 4 is 35.0 Å². The van der Waals surface area contributed by atoms with E-state index < -0.39 is 0 Å². The van der Waals surface area contributed by atoms with Crippen LogP contribution in [0.2, 0.25) is 10.0 Å². The second-order valence-electron chi connectivity index (χ2n) is 5.58. The summed E-state index contributed by atoms with van der Waals surface area (Å²) in [5, 5.41) is 4.15. The number of amides is 2. The maximum atomic E-state index is 12.2. The molecule has 1 unspecified atom stereocenters. The van der Waals surface area contributed by atoms with Gasteiger partial charge in [0, 0.05) is 36.6 Å². The van der Waals surface area contributed by atoms with E-state index in [0.717, 1.165) is 24.9 Å². The van der Waals surface area contributed by atoms with Crippen molar-refractivity contribution in [2.75, 3.05) is 19.6 Å². The molecule has 1 heterocycles. The first kappa shape index (κ1) is 17.1. The molecule has 22 heavy (non-hydrogen) atoms. The third kappa shape index (κ3) is 4.62. The second kappa shape index (κ2) is 7.84. The van der Waals surface area contributed by atoms with E-state index in [1.165, 1.54) is 0 Å². The molecule has 0 aliphatic carbocycles. The van der Waals surface area contributed by atoms with E-state index in [9.17, 15) is 9.59 Å². The number of hydrogen-bond acceptors (Lipinski definition) is 2. The molecule has 0 spiro atoms. The lowest BCUT2D eigenvalue weighted by atomic mass is 9.97. The van der Waals surface area contributed by atoms with Crippen LogP contribution in [0, 0.1) is 5.92 Å². The van der Waals surface area contributed by atoms with Crippen molar-refractivity contribution in [1.29, 1.82) is 0 Å². The van der Waals surface area contributed by atoms with Crippen molar-refractivity contribution in [3.05, 3.63) is 33.8 Å². The molecule has 1 aromatic carbocycles. The van der Waals surface area contributed by atoms with Crippen LogP contribution in [-0.4, -0.2) is 36.3 Å². The number of rotatable bonds is 4. The number of carbonyl (C=O) groups excluding carboxylic acids is 2. The molecule has 1 aliphatic heterocycles. The number of piperidine rings is 1. The molecule has 0 bridgehead atoms. The highest BCUT2D eigenvalue weighted by Gasteiger charge is 2.26. The van der Waals surface area contributed by atoms with E-state index in [4.69, 9.17) is 23.2 Å². The molecular formula is C16H20Cl2N2O2. The van der Waals surface area contributed by atoms with Crippen LogP contribution in [0.25, 0.3) is 0 Å². The van der Waals surface area contributed by atoms with Gasteiger partial charge in [0.15, 0.2) is 0 Å². The number of nitrogens with one attached hydrogen (secondary N) is 1. The van der Waals surface area contributed by atoms with E-state index in [1.54, 1.807) is 24.0 Å². The molecule has 0 radical (unpaired) electrons. The fourth-order valence-electron chi connectivity index (χ4n) is 2.67. The Labute approximate surface area is 140 Å². The SMILES string of the molecule is CC(=O)N1CCCC(C(=O)NCCc2ccc(Cl)cc2Cl)C1. The van der Waals surface area contributed by atoms with Crippen LogP contribution in [0.5, 0.6) is 0 Å². The lowest BCUT2D eigenvalue weighted by Gasteiger charge is -2.31. The molecule has 1 saturated heterocycles. The average molecular weight is 343 g/mol. The molecule has 1 N–H and O–H groups in total. The predicted molar refractivity (Wildman–Crippen MR) is 88.2 cm³/mol. The highest BCUT2D eigenvalue weighted by atomic mass is 35.5. The van der Waals surface area contributed by atoms with Gasteiger partial charge in [0.25, 0.3) is 0 Å². The van der Waals surface area contributed by atoms with E-state index in [-0.39, 0.29) is 17.7 Å². The first-order valence-corrected chi connectivity index (χ1v) is 8.20. The van der Waals surface area contributed by atoms with E-state index in [2.05, 4.69) is 5.32 Å². The molecule has 1 aromatic rings. The van der Waals surface area contributed by atoms with Crippen LogP contribution in [0.3, 0.4) is 0 Å². The van der Waals surface area contributed by atoms with Gasteiger partial charge in [-0.1, -0.05) is 29.3 Å². The van der Waals surface area contributed by atoms with Gasteiger partial charge in [0.2, 0.25) is 11.8 Å². The highest BCUT2D eigenvalue weighted by Crippen LogP contribution is 2.21. The van der Waals surface area contributed by atoms with Crippen LogP contribution in [0.15, 0.2) is 18.2 Å². The molecule has 0 aromatic heterocycles. The summed E-state index contributed by atoms with van der Waals surface area (Å²) in [4.78, 5) is 25.3. The van der Waals surface area contributed by atoms with Gasteiger partial charge in [0.05, 0.1) is 5.92 Å². The summed E-state index contributed by atoms with van der Waals surface area (Å²) < 4.78 is 0. The summed E-state index contributed by atoms with van der Waals surface area (Å²) in [5.74, 6) is -0.0696. The van der Waals surface area contributed by atoms with Crippen LogP contribution in [0.1, 0.15) is 25.3 Å². The van der Waals surface area contributed by atoms with Crippen LogP contribution >= 0.6 is 23.2 Å². The summed E-state index contributed by atoms with van der Waals surface area (Å²) in [5.41, 5.74) is 0.959. The van der Waals surface area contributed by atoms with Gasteiger partial charge in [-0.25, -0.2) is 0 Å². The maximum absolute atomic E-state index is 12.2. The first-order chi connectivity index (χ1) is 10.5. The number of halogens is 2. The zero-order valence-corrected chi connectivity index (χ0v) is 14.1. The molecule has 1 atom stereocenters. The molecule has 0 saturated carbocycles. The predicted octanol–water partition coefficient (Wildman–Crippen LogP) is 2.91. The van der Waals surface area contributed by atoms with Crippen molar-refractivity contribution in [2.24, 2.45) is 5.92 Å². The van der Waals surface area contributed by atoms with Crippen molar-refractivity contribution in [3.63, 3.8) is 0 Å². The van der Waals surface area contributed by atoms with Crippen molar-refractivity contribution in [2.45, 2.75) is 26.2 Å². The molecule has 6 heteroatoms. The Bertz CT molecular complexity index is 563. The quantitative estimate of drug-likeness (QED) is 0.914. The molecule has 2 amide bonds. The highest BCUT2D eigenvalue weighted by molar-refractivity contribution is 6.35. The Balaban J connectivity index is 1.81. The topological polar surface area (TPSA) is 49.4 Å². The normalized spacial score (nSPS) is 18.1. The zero-order valence-electron chi connectivity index (χ0n) is 12.6. The minimum absolute atomic E-state index is 0.0102. The number of likely N-dealkylation sites (tertiary alicyclic amines) is 1. The second-order valence-corrected chi connectivity index (χ2v) is 6.42. The molecule has 120 valence electrons. The van der Waals surface area contributed by atoms with Crippen molar-refractivity contribution in [3.8, 4) is 0 Å². The Morgan fingerprint density at radius 3 is 2.82 bits per heavy atom. The maximum Gasteiger partial charge on any atom is 0.224 e. The van der Waals surface area contributed by atoms with Gasteiger partial charge in [0.1, 0.15) is 0 Å². The molecule has 1 aliphatic rings. The van der Waals surface area contributed by atoms with Gasteiger partial charge in [-0.05, 0) is 37.0 Å². The summed E-state index contributed by atoms with van der Waals surface area (Å²) in [6.45, 7) is 3.34. The van der Waals surface area contributed by atoms with E-state index in [1.807, 2.05) is 6.07 Å². The third-order valence-corrected chi connectivity index (χ3v) is 4.53.